The molecule has 4 unspecified atom stereocenters. The lowest BCUT2D eigenvalue weighted by Crippen LogP contribution is -2.54. The van der Waals surface area contributed by atoms with Crippen LogP contribution in [0, 0.1) is 35.5 Å². The van der Waals surface area contributed by atoms with Crippen LogP contribution in [0.1, 0.15) is 86.4 Å². The number of nitrogens with zero attached hydrogens (tertiary/aromatic N) is 4. The Morgan fingerprint density at radius 1 is 0.694 bits per heavy atom. The molecule has 0 radical (unpaired) electrons. The highest BCUT2D eigenvalue weighted by molar-refractivity contribution is 5.89. The lowest BCUT2D eigenvalue weighted by atomic mass is 9.90. The van der Waals surface area contributed by atoms with Crippen LogP contribution in [-0.4, -0.2) is 119 Å². The van der Waals surface area contributed by atoms with Gasteiger partial charge in [0.2, 0.25) is 11.8 Å². The number of rotatable bonds is 9. The molecule has 16 heteroatoms. The zero-order chi connectivity index (χ0) is 42.5. The number of piperidine rings is 2. The summed E-state index contributed by atoms with van der Waals surface area (Å²) in [6.45, 7) is 2.24. The van der Waals surface area contributed by atoms with Crippen LogP contribution in [0.3, 0.4) is 0 Å². The van der Waals surface area contributed by atoms with Crippen LogP contribution >= 0.6 is 0 Å². The van der Waals surface area contributed by atoms with Gasteiger partial charge in [-0.3, -0.25) is 9.59 Å². The molecule has 4 amide bonds. The fourth-order valence-electron chi connectivity index (χ4n) is 10.4. The molecule has 2 aliphatic carbocycles. The van der Waals surface area contributed by atoms with Crippen molar-refractivity contribution in [1.29, 1.82) is 0 Å². The number of likely N-dealkylation sites (tertiary alicyclic amines) is 2. The van der Waals surface area contributed by atoms with Gasteiger partial charge in [0.1, 0.15) is 29.4 Å². The zero-order valence-corrected chi connectivity index (χ0v) is 34.9. The first kappa shape index (κ1) is 40.2. The summed E-state index contributed by atoms with van der Waals surface area (Å²) in [5.74, 6) is 8.57. The van der Waals surface area contributed by atoms with E-state index in [1.165, 1.54) is 14.2 Å². The van der Waals surface area contributed by atoms with E-state index >= 15 is 0 Å². The standard InChI is InChI=1S/C46H52N8O8/c1-59-45(57)51-39(26-9-13-61-14-10-26)43(55)53-35-19-31(35)21-37(53)41-47-23-33(49-41)8-4-25-3-5-29-18-30(7-6-28(29)17-25)34-24-48-42(50-34)38-22-32-20-36(32)54(38)44(56)40(52-46(58)60-2)27-11-15-62-16-12-27/h3,5-7,17-18,23-24,26-27,31-32,35-40H,9-16,19-22H2,1-2H3,(H,47,49)(H,48,50)(H,51,57)(H,52,58)/t31?,32-,35-,36?,37+,38+,39?,40?/m1/s1. The van der Waals surface area contributed by atoms with E-state index in [4.69, 9.17) is 23.9 Å². The molecule has 4 saturated heterocycles. The Kier molecular flexibility index (Phi) is 10.8. The van der Waals surface area contributed by atoms with Gasteiger partial charge >= 0.3 is 12.2 Å². The van der Waals surface area contributed by atoms with Crippen molar-refractivity contribution in [3.05, 3.63) is 71.7 Å². The number of imidazole rings is 2. The number of hydrogen-bond acceptors (Lipinski definition) is 10. The highest BCUT2D eigenvalue weighted by Gasteiger charge is 2.58. The smallest absolute Gasteiger partial charge is 0.407 e. The fraction of sp³-hybridized carbons (Fsp3) is 0.522. The van der Waals surface area contributed by atoms with Crippen molar-refractivity contribution in [2.24, 2.45) is 23.7 Å². The number of aromatic amines is 2. The number of hydrogen-bond donors (Lipinski definition) is 4. The number of aromatic nitrogens is 4. The number of H-pyrrole nitrogens is 2. The van der Waals surface area contributed by atoms with Crippen LogP contribution in [0.25, 0.3) is 22.0 Å². The summed E-state index contributed by atoms with van der Waals surface area (Å²) in [5.41, 5.74) is 3.35. The number of carbonyl (C=O) groups is 4. The Morgan fingerprint density at radius 3 is 1.81 bits per heavy atom. The molecule has 324 valence electrons. The minimum atomic E-state index is -0.686. The molecule has 6 aliphatic rings. The molecule has 4 N–H and O–H groups in total. The largest absolute Gasteiger partial charge is 0.453 e. The second-order valence-electron chi connectivity index (χ2n) is 17.6. The Labute approximate surface area is 359 Å². The topological polar surface area (TPSA) is 193 Å². The van der Waals surface area contributed by atoms with Crippen molar-refractivity contribution in [3.8, 4) is 23.1 Å². The van der Waals surface area contributed by atoms with Crippen molar-refractivity contribution in [1.82, 2.24) is 40.4 Å². The van der Waals surface area contributed by atoms with E-state index in [9.17, 15) is 19.2 Å². The summed E-state index contributed by atoms with van der Waals surface area (Å²) in [5, 5.41) is 7.77. The maximum Gasteiger partial charge on any atom is 0.407 e. The second-order valence-corrected chi connectivity index (χ2v) is 17.6. The van der Waals surface area contributed by atoms with Gasteiger partial charge in [-0.25, -0.2) is 19.6 Å². The first-order valence-electron chi connectivity index (χ1n) is 21.9. The molecule has 4 aromatic rings. The van der Waals surface area contributed by atoms with Crippen LogP contribution in [0.4, 0.5) is 9.59 Å². The van der Waals surface area contributed by atoms with E-state index in [0.29, 0.717) is 75.5 Å². The quantitative estimate of drug-likeness (QED) is 0.167. The minimum Gasteiger partial charge on any atom is -0.453 e. The van der Waals surface area contributed by atoms with Gasteiger partial charge in [-0.05, 0) is 110 Å². The van der Waals surface area contributed by atoms with Gasteiger partial charge in [-0.2, -0.15) is 0 Å². The summed E-state index contributed by atoms with van der Waals surface area (Å²) in [4.78, 5) is 73.4. The van der Waals surface area contributed by atoms with Crippen molar-refractivity contribution in [2.75, 3.05) is 40.6 Å². The molecule has 6 heterocycles. The number of benzene rings is 2. The number of methoxy groups -OCH3 is 2. The van der Waals surface area contributed by atoms with Gasteiger partial charge < -0.3 is 49.3 Å². The number of nitrogens with one attached hydrogen (secondary N) is 4. The average molecular weight is 845 g/mol. The summed E-state index contributed by atoms with van der Waals surface area (Å²) in [7, 11) is 2.63. The summed E-state index contributed by atoms with van der Waals surface area (Å²) in [6.07, 6.45) is 8.68. The van der Waals surface area contributed by atoms with Crippen molar-refractivity contribution >= 4 is 34.8 Å². The third-order valence-electron chi connectivity index (χ3n) is 14.0. The van der Waals surface area contributed by atoms with Crippen LogP contribution in [0.15, 0.2) is 48.8 Å². The SMILES string of the molecule is COC(=O)NC(C(=O)N1C2C[C@@H]2C[C@H]1c1ncc(-c2ccc3cc(C#Cc4cnc([C@@H]5CC6C[C@H]6N5C(=O)C(NC(=O)OC)C5CCOCC5)[nH]4)ccc3c2)[nH]1)C1CCOCC1. The molecule has 62 heavy (non-hydrogen) atoms. The molecule has 0 bridgehead atoms. The molecule has 2 saturated carbocycles. The molecule has 0 spiro atoms. The lowest BCUT2D eigenvalue weighted by Gasteiger charge is -2.35. The minimum absolute atomic E-state index is 0.0266. The van der Waals surface area contributed by atoms with Gasteiger partial charge in [-0.1, -0.05) is 24.1 Å². The van der Waals surface area contributed by atoms with E-state index in [2.05, 4.69) is 67.8 Å². The maximum atomic E-state index is 14.2. The first-order valence-corrected chi connectivity index (χ1v) is 21.9. The molecule has 8 atom stereocenters. The molecule has 10 rings (SSSR count). The number of carbonyl (C=O) groups excluding carboxylic acids is 4. The van der Waals surface area contributed by atoms with E-state index in [0.717, 1.165) is 59.1 Å². The summed E-state index contributed by atoms with van der Waals surface area (Å²) < 4.78 is 20.9. The molecule has 2 aromatic carbocycles. The van der Waals surface area contributed by atoms with Crippen LogP contribution in [0.2, 0.25) is 0 Å². The Hall–Kier alpha value is -5.92. The van der Waals surface area contributed by atoms with Gasteiger partial charge in [0.25, 0.3) is 0 Å². The highest BCUT2D eigenvalue weighted by atomic mass is 16.5. The lowest BCUT2D eigenvalue weighted by molar-refractivity contribution is -0.138. The predicted molar refractivity (Wildman–Crippen MR) is 224 cm³/mol. The van der Waals surface area contributed by atoms with E-state index in [1.54, 1.807) is 6.20 Å². The van der Waals surface area contributed by atoms with Gasteiger partial charge in [0, 0.05) is 49.6 Å². The monoisotopic (exact) mass is 844 g/mol. The molecule has 16 nitrogen and oxygen atoms in total. The molecular weight excluding hydrogens is 793 g/mol. The van der Waals surface area contributed by atoms with Gasteiger partial charge in [-0.15, -0.1) is 0 Å². The van der Waals surface area contributed by atoms with Gasteiger partial charge in [0.05, 0.1) is 44.4 Å². The molecule has 2 aromatic heterocycles. The third-order valence-corrected chi connectivity index (χ3v) is 14.0. The van der Waals surface area contributed by atoms with Crippen molar-refractivity contribution < 1.29 is 38.1 Å². The van der Waals surface area contributed by atoms with E-state index < -0.39 is 24.3 Å². The highest BCUT2D eigenvalue weighted by Crippen LogP contribution is 2.54. The van der Waals surface area contributed by atoms with Crippen LogP contribution in [-0.2, 0) is 28.5 Å². The third kappa shape index (κ3) is 7.88. The van der Waals surface area contributed by atoms with Gasteiger partial charge in [0.15, 0.2) is 0 Å². The van der Waals surface area contributed by atoms with Crippen LogP contribution < -0.4 is 10.6 Å². The molecular formula is C46H52N8O8. The number of amides is 4. The van der Waals surface area contributed by atoms with Crippen molar-refractivity contribution in [2.45, 2.75) is 87.6 Å². The number of fused-ring (bicyclic) bond motifs is 3. The number of alkyl carbamates (subject to hydrolysis) is 2. The summed E-state index contributed by atoms with van der Waals surface area (Å²) in [6, 6.07) is 10.8. The predicted octanol–water partition coefficient (Wildman–Crippen LogP) is 4.98. The summed E-state index contributed by atoms with van der Waals surface area (Å²) >= 11 is 0. The van der Waals surface area contributed by atoms with Crippen molar-refractivity contribution in [3.63, 3.8) is 0 Å². The second kappa shape index (κ2) is 16.7. The fourth-order valence-corrected chi connectivity index (χ4v) is 10.4. The Balaban J connectivity index is 0.820. The molecule has 4 aliphatic heterocycles. The maximum absolute atomic E-state index is 14.2. The zero-order valence-electron chi connectivity index (χ0n) is 34.9. The molecule has 6 fully saturated rings. The number of ether oxygens (including phenoxy) is 4. The first-order chi connectivity index (χ1) is 30.3. The average Bonchev–Trinajstić information content (AvgIpc) is 3.90. The normalized spacial score (nSPS) is 26.4. The Morgan fingerprint density at radius 2 is 1.23 bits per heavy atom. The Bertz CT molecular complexity index is 2430. The van der Waals surface area contributed by atoms with Crippen LogP contribution in [0.5, 0.6) is 0 Å². The van der Waals surface area contributed by atoms with E-state index in [-0.39, 0.29) is 47.8 Å². The van der Waals surface area contributed by atoms with E-state index in [1.807, 2.05) is 22.1 Å².